The molecule has 2 rings (SSSR count). The van der Waals surface area contributed by atoms with Crippen LogP contribution in [0.2, 0.25) is 5.02 Å². The minimum Gasteiger partial charge on any atom is -0.320 e. The van der Waals surface area contributed by atoms with Gasteiger partial charge in [0.2, 0.25) is 0 Å². The molecule has 0 saturated heterocycles. The maximum atomic E-state index is 6.22. The molecular weight excluding hydrogens is 453 g/mol. The summed E-state index contributed by atoms with van der Waals surface area (Å²) in [5.41, 5.74) is 7.25. The Labute approximate surface area is 134 Å². The summed E-state index contributed by atoms with van der Waals surface area (Å²) in [6, 6.07) is 7.63. The van der Waals surface area contributed by atoms with Crippen molar-refractivity contribution in [2.45, 2.75) is 6.04 Å². The van der Waals surface area contributed by atoms with Gasteiger partial charge in [-0.2, -0.15) is 0 Å². The average molecular weight is 460 g/mol. The van der Waals surface area contributed by atoms with Gasteiger partial charge >= 0.3 is 0 Å². The smallest absolute Gasteiger partial charge is 0.0843 e. The van der Waals surface area contributed by atoms with Gasteiger partial charge < -0.3 is 5.73 Å². The Morgan fingerprint density at radius 1 is 1.12 bits per heavy atom. The maximum absolute atomic E-state index is 6.22. The molecule has 90 valence electrons. The van der Waals surface area contributed by atoms with Crippen LogP contribution in [0.1, 0.15) is 16.5 Å². The van der Waals surface area contributed by atoms with Crippen LogP contribution in [0.5, 0.6) is 0 Å². The van der Waals surface area contributed by atoms with E-state index in [0.29, 0.717) is 5.02 Å². The lowest BCUT2D eigenvalue weighted by molar-refractivity contribution is 0.892. The van der Waals surface area contributed by atoms with Crippen LogP contribution >= 0.6 is 70.7 Å². The molecule has 1 aromatic heterocycles. The number of nitrogens with two attached hydrogens (primary N) is 1. The first kappa shape index (κ1) is 14.0. The van der Waals surface area contributed by atoms with Gasteiger partial charge in [0.05, 0.1) is 14.9 Å². The molecule has 0 aliphatic heterocycles. The quantitative estimate of drug-likeness (QED) is 0.608. The van der Waals surface area contributed by atoms with Gasteiger partial charge in [0.1, 0.15) is 0 Å². The van der Waals surface area contributed by atoms with Crippen molar-refractivity contribution in [1.29, 1.82) is 0 Å². The number of halogens is 4. The number of thiophene rings is 1. The van der Waals surface area contributed by atoms with Crippen molar-refractivity contribution in [2.75, 3.05) is 0 Å². The second-order valence-electron chi connectivity index (χ2n) is 3.42. The summed E-state index contributed by atoms with van der Waals surface area (Å²) in [4.78, 5) is 1.10. The van der Waals surface area contributed by atoms with Crippen molar-refractivity contribution in [2.24, 2.45) is 5.73 Å². The highest BCUT2D eigenvalue weighted by Gasteiger charge is 2.14. The number of hydrogen-bond acceptors (Lipinski definition) is 2. The van der Waals surface area contributed by atoms with Gasteiger partial charge in [0.25, 0.3) is 0 Å². The van der Waals surface area contributed by atoms with Crippen molar-refractivity contribution in [1.82, 2.24) is 0 Å². The third-order valence-electron chi connectivity index (χ3n) is 2.27. The van der Waals surface area contributed by atoms with E-state index in [2.05, 4.69) is 47.8 Å². The topological polar surface area (TPSA) is 26.0 Å². The van der Waals surface area contributed by atoms with Crippen LogP contribution in [-0.2, 0) is 0 Å². The van der Waals surface area contributed by atoms with Gasteiger partial charge in [-0.05, 0) is 71.6 Å². The first-order valence-electron chi connectivity index (χ1n) is 4.64. The van der Waals surface area contributed by atoms with Gasteiger partial charge in [-0.1, -0.05) is 17.7 Å². The van der Waals surface area contributed by atoms with Crippen LogP contribution in [0.15, 0.2) is 37.0 Å². The molecule has 0 bridgehead atoms. The van der Waals surface area contributed by atoms with Gasteiger partial charge in [0, 0.05) is 13.8 Å². The molecule has 0 radical (unpaired) electrons. The molecule has 0 fully saturated rings. The van der Waals surface area contributed by atoms with Crippen molar-refractivity contribution < 1.29 is 0 Å². The second-order valence-corrected chi connectivity index (χ2v) is 7.94. The van der Waals surface area contributed by atoms with Crippen LogP contribution in [0.25, 0.3) is 0 Å². The van der Waals surface area contributed by atoms with E-state index in [-0.39, 0.29) is 6.04 Å². The van der Waals surface area contributed by atoms with E-state index in [1.54, 1.807) is 11.3 Å². The van der Waals surface area contributed by atoms with E-state index in [4.69, 9.17) is 17.3 Å². The molecule has 6 heteroatoms. The van der Waals surface area contributed by atoms with E-state index < -0.39 is 0 Å². The standard InChI is InChI=1S/C11H7Br3ClNS/c12-6-3-5(1-2-8(6)15)10(16)9-4-7(13)11(14)17-9/h1-4,10H,16H2. The Hall–Kier alpha value is 0.610. The normalized spacial score (nSPS) is 12.8. The Morgan fingerprint density at radius 3 is 2.35 bits per heavy atom. The molecule has 0 aliphatic rings. The molecule has 17 heavy (non-hydrogen) atoms. The summed E-state index contributed by atoms with van der Waals surface area (Å²) in [5, 5.41) is 0.689. The predicted molar refractivity (Wildman–Crippen MR) is 84.9 cm³/mol. The van der Waals surface area contributed by atoms with E-state index in [0.717, 1.165) is 23.2 Å². The monoisotopic (exact) mass is 457 g/mol. The summed E-state index contributed by atoms with van der Waals surface area (Å²) < 4.78 is 2.94. The largest absolute Gasteiger partial charge is 0.320 e. The third kappa shape index (κ3) is 3.14. The molecule has 1 unspecified atom stereocenters. The molecule has 1 atom stereocenters. The zero-order valence-corrected chi connectivity index (χ0v) is 14.7. The van der Waals surface area contributed by atoms with Gasteiger partial charge in [-0.3, -0.25) is 0 Å². The van der Waals surface area contributed by atoms with Crippen LogP contribution in [0.4, 0.5) is 0 Å². The van der Waals surface area contributed by atoms with Gasteiger partial charge in [0.15, 0.2) is 0 Å². The molecule has 1 nitrogen and oxygen atoms in total. The zero-order valence-electron chi connectivity index (χ0n) is 8.38. The zero-order chi connectivity index (χ0) is 12.6. The number of hydrogen-bond donors (Lipinski definition) is 1. The molecule has 1 aromatic carbocycles. The maximum Gasteiger partial charge on any atom is 0.0843 e. The van der Waals surface area contributed by atoms with Crippen LogP contribution < -0.4 is 5.73 Å². The molecular formula is C11H7Br3ClNS. The molecule has 1 heterocycles. The molecule has 0 amide bonds. The van der Waals surface area contributed by atoms with Gasteiger partial charge in [-0.25, -0.2) is 0 Å². The molecule has 0 saturated carbocycles. The van der Waals surface area contributed by atoms with Crippen molar-refractivity contribution >= 4 is 70.7 Å². The first-order valence-corrected chi connectivity index (χ1v) is 8.21. The Balaban J connectivity index is 2.36. The SMILES string of the molecule is NC(c1ccc(Cl)c(Br)c1)c1cc(Br)c(Br)s1. The highest BCUT2D eigenvalue weighted by atomic mass is 79.9. The van der Waals surface area contributed by atoms with E-state index in [1.807, 2.05) is 24.3 Å². The van der Waals surface area contributed by atoms with E-state index in [1.165, 1.54) is 0 Å². The molecule has 2 aromatic rings. The highest BCUT2D eigenvalue weighted by molar-refractivity contribution is 9.13. The number of benzene rings is 1. The van der Waals surface area contributed by atoms with E-state index in [9.17, 15) is 0 Å². The fourth-order valence-corrected chi connectivity index (χ4v) is 4.02. The predicted octanol–water partition coefficient (Wildman–Crippen LogP) is 5.74. The Kier molecular flexibility index (Phi) is 4.72. The van der Waals surface area contributed by atoms with Crippen molar-refractivity contribution in [3.63, 3.8) is 0 Å². The van der Waals surface area contributed by atoms with Crippen molar-refractivity contribution in [3.8, 4) is 0 Å². The van der Waals surface area contributed by atoms with Gasteiger partial charge in [-0.15, -0.1) is 11.3 Å². The summed E-state index contributed by atoms with van der Waals surface area (Å²) in [6.45, 7) is 0. The first-order chi connectivity index (χ1) is 7.99. The minimum absolute atomic E-state index is 0.142. The minimum atomic E-state index is -0.142. The van der Waals surface area contributed by atoms with Crippen LogP contribution in [0, 0.1) is 0 Å². The highest BCUT2D eigenvalue weighted by Crippen LogP contribution is 2.37. The summed E-state index contributed by atoms with van der Waals surface area (Å²) in [5.74, 6) is 0. The van der Waals surface area contributed by atoms with Crippen LogP contribution in [-0.4, -0.2) is 0 Å². The average Bonchev–Trinajstić information content (AvgIpc) is 2.62. The third-order valence-corrected chi connectivity index (χ3v) is 6.83. The summed E-state index contributed by atoms with van der Waals surface area (Å²) >= 11 is 17.9. The number of rotatable bonds is 2. The summed E-state index contributed by atoms with van der Waals surface area (Å²) in [6.07, 6.45) is 0. The lowest BCUT2D eigenvalue weighted by Crippen LogP contribution is -2.09. The van der Waals surface area contributed by atoms with E-state index >= 15 is 0 Å². The lowest BCUT2D eigenvalue weighted by atomic mass is 10.1. The van der Waals surface area contributed by atoms with Crippen molar-refractivity contribution in [3.05, 3.63) is 52.5 Å². The Morgan fingerprint density at radius 2 is 1.82 bits per heavy atom. The second kappa shape index (κ2) is 5.72. The Bertz CT molecular complexity index is 536. The molecule has 2 N–H and O–H groups in total. The summed E-state index contributed by atoms with van der Waals surface area (Å²) in [7, 11) is 0. The molecule has 0 aliphatic carbocycles. The fourth-order valence-electron chi connectivity index (χ4n) is 1.39. The molecule has 0 spiro atoms. The fraction of sp³-hybridized carbons (Fsp3) is 0.0909. The van der Waals surface area contributed by atoms with Crippen LogP contribution in [0.3, 0.4) is 0 Å². The lowest BCUT2D eigenvalue weighted by Gasteiger charge is -2.10.